The van der Waals surface area contributed by atoms with Crippen molar-refractivity contribution in [1.29, 1.82) is 0 Å². The van der Waals surface area contributed by atoms with Crippen LogP contribution < -0.4 is 0 Å². The molecule has 146 valence electrons. The topological polar surface area (TPSA) is 0 Å². The summed E-state index contributed by atoms with van der Waals surface area (Å²) in [5.41, 5.74) is 1.70. The SMILES string of the molecule is CC[SiH2]C1CCC(C2CCC(CCc3cc(F)c(F)c(F)c3)CC2)CC1. The van der Waals surface area contributed by atoms with Crippen molar-refractivity contribution in [3.8, 4) is 0 Å². The third-order valence-corrected chi connectivity index (χ3v) is 9.24. The number of hydrogen-bond donors (Lipinski definition) is 0. The summed E-state index contributed by atoms with van der Waals surface area (Å²) >= 11 is 0. The summed E-state index contributed by atoms with van der Waals surface area (Å²) in [7, 11) is 0.198. The van der Waals surface area contributed by atoms with E-state index in [0.29, 0.717) is 17.9 Å². The normalized spacial score (nSPS) is 30.2. The Morgan fingerprint density at radius 2 is 1.38 bits per heavy atom. The average molecular weight is 383 g/mol. The first kappa shape index (κ1) is 20.0. The molecule has 1 aromatic rings. The maximum atomic E-state index is 13.3. The third-order valence-electron chi connectivity index (χ3n) is 7.03. The fourth-order valence-electron chi connectivity index (χ4n) is 5.43. The largest absolute Gasteiger partial charge is 0.204 e. The van der Waals surface area contributed by atoms with Crippen molar-refractivity contribution >= 4 is 9.52 Å². The van der Waals surface area contributed by atoms with E-state index in [1.54, 1.807) is 0 Å². The lowest BCUT2D eigenvalue weighted by Gasteiger charge is -2.38. The van der Waals surface area contributed by atoms with Crippen molar-refractivity contribution < 1.29 is 13.2 Å². The zero-order chi connectivity index (χ0) is 18.5. The molecule has 0 aliphatic heterocycles. The van der Waals surface area contributed by atoms with Crippen LogP contribution in [0.2, 0.25) is 11.6 Å². The Hall–Kier alpha value is -0.773. The van der Waals surface area contributed by atoms with Crippen LogP contribution in [0.1, 0.15) is 70.3 Å². The second-order valence-electron chi connectivity index (χ2n) is 8.76. The van der Waals surface area contributed by atoms with Gasteiger partial charge in [-0.2, -0.15) is 0 Å². The fraction of sp³-hybridized carbons (Fsp3) is 0.727. The van der Waals surface area contributed by atoms with Gasteiger partial charge in [0.05, 0.1) is 0 Å². The highest BCUT2D eigenvalue weighted by Crippen LogP contribution is 2.43. The average Bonchev–Trinajstić information content (AvgIpc) is 2.66. The molecule has 0 nitrogen and oxygen atoms in total. The van der Waals surface area contributed by atoms with Crippen molar-refractivity contribution in [2.24, 2.45) is 17.8 Å². The Morgan fingerprint density at radius 3 is 1.92 bits per heavy atom. The monoisotopic (exact) mass is 382 g/mol. The maximum absolute atomic E-state index is 13.3. The summed E-state index contributed by atoms with van der Waals surface area (Å²) in [5, 5.41) is 0. The third kappa shape index (κ3) is 5.14. The van der Waals surface area contributed by atoms with Gasteiger partial charge < -0.3 is 0 Å². The number of hydrogen-bond acceptors (Lipinski definition) is 0. The van der Waals surface area contributed by atoms with Gasteiger partial charge in [-0.05, 0) is 61.1 Å². The predicted molar refractivity (Wildman–Crippen MR) is 105 cm³/mol. The van der Waals surface area contributed by atoms with E-state index < -0.39 is 17.5 Å². The van der Waals surface area contributed by atoms with Crippen LogP contribution in [-0.2, 0) is 6.42 Å². The zero-order valence-corrected chi connectivity index (χ0v) is 17.5. The summed E-state index contributed by atoms with van der Waals surface area (Å²) in [6.45, 7) is 2.36. The molecule has 4 heteroatoms. The maximum Gasteiger partial charge on any atom is 0.194 e. The number of benzene rings is 1. The van der Waals surface area contributed by atoms with Crippen molar-refractivity contribution in [3.05, 3.63) is 35.1 Å². The molecule has 2 fully saturated rings. The molecule has 2 aliphatic rings. The minimum absolute atomic E-state index is 0.198. The molecule has 0 radical (unpaired) electrons. The minimum Gasteiger partial charge on any atom is -0.204 e. The van der Waals surface area contributed by atoms with E-state index in [9.17, 15) is 13.2 Å². The molecule has 2 saturated carbocycles. The number of halogens is 3. The summed E-state index contributed by atoms with van der Waals surface area (Å²) in [6, 6.07) is 3.77. The Morgan fingerprint density at radius 1 is 0.846 bits per heavy atom. The number of aryl methyl sites for hydroxylation is 1. The molecule has 0 heterocycles. The molecule has 0 atom stereocenters. The molecule has 0 bridgehead atoms. The molecular weight excluding hydrogens is 349 g/mol. The van der Waals surface area contributed by atoms with Gasteiger partial charge in [-0.1, -0.05) is 57.0 Å². The van der Waals surface area contributed by atoms with Crippen LogP contribution in [0.25, 0.3) is 0 Å². The van der Waals surface area contributed by atoms with Crippen LogP contribution >= 0.6 is 0 Å². The van der Waals surface area contributed by atoms with Crippen molar-refractivity contribution in [2.45, 2.75) is 82.7 Å². The first-order valence-electron chi connectivity index (χ1n) is 10.7. The van der Waals surface area contributed by atoms with E-state index >= 15 is 0 Å². The highest BCUT2D eigenvalue weighted by atomic mass is 28.2. The summed E-state index contributed by atoms with van der Waals surface area (Å²) in [6.07, 6.45) is 12.7. The van der Waals surface area contributed by atoms with Gasteiger partial charge in [-0.15, -0.1) is 0 Å². The van der Waals surface area contributed by atoms with Crippen molar-refractivity contribution in [1.82, 2.24) is 0 Å². The zero-order valence-electron chi connectivity index (χ0n) is 16.1. The molecule has 2 aliphatic carbocycles. The van der Waals surface area contributed by atoms with Gasteiger partial charge in [0.1, 0.15) is 0 Å². The van der Waals surface area contributed by atoms with Crippen LogP contribution in [0.5, 0.6) is 0 Å². The lowest BCUT2D eigenvalue weighted by molar-refractivity contribution is 0.163. The second kappa shape index (κ2) is 9.43. The molecule has 26 heavy (non-hydrogen) atoms. The van der Waals surface area contributed by atoms with E-state index in [4.69, 9.17) is 0 Å². The van der Waals surface area contributed by atoms with Crippen LogP contribution in [-0.4, -0.2) is 9.52 Å². The summed E-state index contributed by atoms with van der Waals surface area (Å²) < 4.78 is 39.7. The van der Waals surface area contributed by atoms with Crippen molar-refractivity contribution in [3.63, 3.8) is 0 Å². The Balaban J connectivity index is 1.40. The first-order valence-corrected chi connectivity index (χ1v) is 12.5. The molecule has 3 rings (SSSR count). The van der Waals surface area contributed by atoms with Gasteiger partial charge in [-0.3, -0.25) is 0 Å². The molecule has 1 aromatic carbocycles. The van der Waals surface area contributed by atoms with Crippen LogP contribution in [0.3, 0.4) is 0 Å². The van der Waals surface area contributed by atoms with Gasteiger partial charge in [0.25, 0.3) is 0 Å². The minimum atomic E-state index is -1.36. The van der Waals surface area contributed by atoms with Crippen LogP contribution in [0.4, 0.5) is 13.2 Å². The van der Waals surface area contributed by atoms with E-state index in [-0.39, 0.29) is 9.52 Å². The smallest absolute Gasteiger partial charge is 0.194 e. The Kier molecular flexibility index (Phi) is 7.25. The molecule has 0 aromatic heterocycles. The van der Waals surface area contributed by atoms with Crippen LogP contribution in [0.15, 0.2) is 12.1 Å². The van der Waals surface area contributed by atoms with E-state index in [1.165, 1.54) is 57.4 Å². The highest BCUT2D eigenvalue weighted by molar-refractivity contribution is 6.37. The second-order valence-corrected chi connectivity index (χ2v) is 11.5. The van der Waals surface area contributed by atoms with E-state index in [1.807, 2.05) is 0 Å². The standard InChI is InChI=1S/C22H33F3Si/c1-2-26-19-11-9-18(10-12-19)17-7-5-15(6-8-17)3-4-16-13-20(23)22(25)21(24)14-16/h13-15,17-19H,2-12,26H2,1H3. The van der Waals surface area contributed by atoms with E-state index in [0.717, 1.165) is 35.9 Å². The van der Waals surface area contributed by atoms with Gasteiger partial charge >= 0.3 is 0 Å². The van der Waals surface area contributed by atoms with Crippen LogP contribution in [0, 0.1) is 35.2 Å². The molecule has 0 unspecified atom stereocenters. The van der Waals surface area contributed by atoms with Gasteiger partial charge in [-0.25, -0.2) is 13.2 Å². The Labute approximate surface area is 158 Å². The van der Waals surface area contributed by atoms with Gasteiger partial charge in [0, 0.05) is 9.52 Å². The summed E-state index contributed by atoms with van der Waals surface area (Å²) in [4.78, 5) is 0. The lowest BCUT2D eigenvalue weighted by Crippen LogP contribution is -2.25. The molecular formula is C22H33F3Si. The molecule has 0 spiro atoms. The van der Waals surface area contributed by atoms with Crippen molar-refractivity contribution in [2.75, 3.05) is 0 Å². The Bertz CT molecular complexity index is 550. The molecule has 0 amide bonds. The highest BCUT2D eigenvalue weighted by Gasteiger charge is 2.30. The molecule has 0 saturated heterocycles. The summed E-state index contributed by atoms with van der Waals surface area (Å²) in [5.74, 6) is -0.956. The number of rotatable bonds is 6. The lowest BCUT2D eigenvalue weighted by atomic mass is 9.70. The first-order chi connectivity index (χ1) is 12.6. The quantitative estimate of drug-likeness (QED) is 0.393. The fourth-order valence-corrected chi connectivity index (χ4v) is 7.29. The molecule has 0 N–H and O–H groups in total. The van der Waals surface area contributed by atoms with Gasteiger partial charge in [0.15, 0.2) is 17.5 Å². The van der Waals surface area contributed by atoms with E-state index in [2.05, 4.69) is 6.92 Å². The van der Waals surface area contributed by atoms with Gasteiger partial charge in [0.2, 0.25) is 0 Å². The predicted octanol–water partition coefficient (Wildman–Crippen LogP) is 6.43.